The third-order valence-electron chi connectivity index (χ3n) is 3.07. The molecule has 0 bridgehead atoms. The van der Waals surface area contributed by atoms with E-state index in [1.165, 1.54) is 26.3 Å². The summed E-state index contributed by atoms with van der Waals surface area (Å²) in [7, 11) is 3.44. The Hall–Kier alpha value is -1.10. The summed E-state index contributed by atoms with van der Waals surface area (Å²) >= 11 is 0. The van der Waals surface area contributed by atoms with Crippen LogP contribution in [0.5, 0.6) is 0 Å². The van der Waals surface area contributed by atoms with Crippen molar-refractivity contribution in [3.8, 4) is 0 Å². The lowest BCUT2D eigenvalue weighted by molar-refractivity contribution is -0.121. The van der Waals surface area contributed by atoms with Gasteiger partial charge in [0.05, 0.1) is 6.54 Å². The minimum atomic E-state index is -0.443. The number of carbonyl (C=O) groups is 2. The minimum absolute atomic E-state index is 0.243. The molecule has 1 aliphatic rings. The Kier molecular flexibility index (Phi) is 5.25. The first-order valence-corrected chi connectivity index (χ1v) is 5.85. The van der Waals surface area contributed by atoms with Gasteiger partial charge < -0.3 is 5.32 Å². The van der Waals surface area contributed by atoms with Gasteiger partial charge in [0.2, 0.25) is 5.91 Å². The molecule has 1 rings (SSSR count). The quantitative estimate of drug-likeness (QED) is 0.746. The molecule has 0 aromatic heterocycles. The molecule has 1 aliphatic carbocycles. The van der Waals surface area contributed by atoms with Crippen LogP contribution >= 0.6 is 0 Å². The largest absolute Gasteiger partial charge is 0.341 e. The van der Waals surface area contributed by atoms with Gasteiger partial charge in [-0.3, -0.25) is 15.0 Å². The first kappa shape index (κ1) is 13.0. The number of urea groups is 1. The maximum absolute atomic E-state index is 11.5. The van der Waals surface area contributed by atoms with Gasteiger partial charge in [-0.2, -0.15) is 0 Å². The Bertz CT molecular complexity index is 250. The van der Waals surface area contributed by atoms with Crippen molar-refractivity contribution in [1.29, 1.82) is 0 Å². The van der Waals surface area contributed by atoms with Crippen LogP contribution in [0.25, 0.3) is 0 Å². The third kappa shape index (κ3) is 4.18. The van der Waals surface area contributed by atoms with Gasteiger partial charge in [0, 0.05) is 13.1 Å². The molecular weight excluding hydrogens is 206 g/mol. The number of carbonyl (C=O) groups excluding carboxylic acids is 2. The fraction of sp³-hybridized carbons (Fsp3) is 0.818. The highest BCUT2D eigenvalue weighted by atomic mass is 16.2. The van der Waals surface area contributed by atoms with Crippen molar-refractivity contribution in [2.24, 2.45) is 0 Å². The Morgan fingerprint density at radius 2 is 1.88 bits per heavy atom. The number of rotatable bonds is 3. The van der Waals surface area contributed by atoms with E-state index in [-0.39, 0.29) is 12.5 Å². The van der Waals surface area contributed by atoms with Crippen molar-refractivity contribution in [2.75, 3.05) is 20.6 Å². The van der Waals surface area contributed by atoms with E-state index >= 15 is 0 Å². The summed E-state index contributed by atoms with van der Waals surface area (Å²) < 4.78 is 0. The van der Waals surface area contributed by atoms with Crippen molar-refractivity contribution in [3.63, 3.8) is 0 Å². The molecule has 3 amide bonds. The Morgan fingerprint density at radius 3 is 2.44 bits per heavy atom. The average molecular weight is 227 g/mol. The highest BCUT2D eigenvalue weighted by molar-refractivity contribution is 5.95. The minimum Gasteiger partial charge on any atom is -0.341 e. The van der Waals surface area contributed by atoms with Gasteiger partial charge in [0.15, 0.2) is 0 Å². The fourth-order valence-electron chi connectivity index (χ4n) is 2.11. The summed E-state index contributed by atoms with van der Waals surface area (Å²) in [6.07, 6.45) is 6.10. The highest BCUT2D eigenvalue weighted by Gasteiger charge is 2.20. The SMILES string of the molecule is CNC(=O)NC(=O)CN(C)C1CCCCC1. The van der Waals surface area contributed by atoms with Crippen LogP contribution in [-0.4, -0.2) is 43.5 Å². The van der Waals surface area contributed by atoms with Gasteiger partial charge in [0.25, 0.3) is 0 Å². The van der Waals surface area contributed by atoms with Gasteiger partial charge in [-0.1, -0.05) is 19.3 Å². The summed E-state index contributed by atoms with van der Waals surface area (Å²) in [6.45, 7) is 0.290. The first-order valence-electron chi connectivity index (χ1n) is 5.85. The number of imide groups is 1. The van der Waals surface area contributed by atoms with Crippen LogP contribution in [0.3, 0.4) is 0 Å². The molecule has 92 valence electrons. The van der Waals surface area contributed by atoms with Crippen LogP contribution < -0.4 is 10.6 Å². The van der Waals surface area contributed by atoms with E-state index in [0.717, 1.165) is 12.8 Å². The molecule has 0 aliphatic heterocycles. The zero-order valence-corrected chi connectivity index (χ0v) is 10.1. The molecular formula is C11H21N3O2. The molecule has 16 heavy (non-hydrogen) atoms. The van der Waals surface area contributed by atoms with E-state index in [0.29, 0.717) is 6.04 Å². The van der Waals surface area contributed by atoms with E-state index in [2.05, 4.69) is 10.6 Å². The fourth-order valence-corrected chi connectivity index (χ4v) is 2.11. The topological polar surface area (TPSA) is 61.4 Å². The van der Waals surface area contributed by atoms with Crippen molar-refractivity contribution in [3.05, 3.63) is 0 Å². The molecule has 0 aromatic rings. The van der Waals surface area contributed by atoms with Crippen LogP contribution in [0, 0.1) is 0 Å². The molecule has 0 spiro atoms. The number of amides is 3. The number of nitrogens with zero attached hydrogens (tertiary/aromatic N) is 1. The van der Waals surface area contributed by atoms with Gasteiger partial charge in [0.1, 0.15) is 0 Å². The summed E-state index contributed by atoms with van der Waals surface area (Å²) in [5.41, 5.74) is 0. The summed E-state index contributed by atoms with van der Waals surface area (Å²) in [6, 6.07) is 0.0474. The van der Waals surface area contributed by atoms with Crippen molar-refractivity contribution < 1.29 is 9.59 Å². The van der Waals surface area contributed by atoms with Crippen molar-refractivity contribution in [2.45, 2.75) is 38.1 Å². The molecule has 0 radical (unpaired) electrons. The second kappa shape index (κ2) is 6.48. The molecule has 1 fully saturated rings. The van der Waals surface area contributed by atoms with Crippen LogP contribution in [-0.2, 0) is 4.79 Å². The Labute approximate surface area is 96.6 Å². The highest BCUT2D eigenvalue weighted by Crippen LogP contribution is 2.21. The van der Waals surface area contributed by atoms with Gasteiger partial charge >= 0.3 is 6.03 Å². The molecule has 0 saturated heterocycles. The summed E-state index contributed by atoms with van der Waals surface area (Å²) in [5, 5.41) is 4.63. The maximum atomic E-state index is 11.5. The first-order chi connectivity index (χ1) is 7.63. The van der Waals surface area contributed by atoms with E-state index in [1.807, 2.05) is 11.9 Å². The lowest BCUT2D eigenvalue weighted by atomic mass is 9.94. The zero-order chi connectivity index (χ0) is 12.0. The van der Waals surface area contributed by atoms with Crippen LogP contribution in [0.15, 0.2) is 0 Å². The maximum Gasteiger partial charge on any atom is 0.321 e. The zero-order valence-electron chi connectivity index (χ0n) is 10.1. The lowest BCUT2D eigenvalue weighted by Crippen LogP contribution is -2.45. The Balaban J connectivity index is 2.29. The van der Waals surface area contributed by atoms with Crippen molar-refractivity contribution >= 4 is 11.9 Å². The van der Waals surface area contributed by atoms with Crippen LogP contribution in [0.1, 0.15) is 32.1 Å². The summed E-state index contributed by atoms with van der Waals surface area (Å²) in [4.78, 5) is 24.4. The smallest absolute Gasteiger partial charge is 0.321 e. The number of hydrogen-bond acceptors (Lipinski definition) is 3. The predicted molar refractivity (Wildman–Crippen MR) is 62.1 cm³/mol. The molecule has 2 N–H and O–H groups in total. The summed E-state index contributed by atoms with van der Waals surface area (Å²) in [5.74, 6) is -0.243. The second-order valence-electron chi connectivity index (χ2n) is 4.33. The molecule has 1 saturated carbocycles. The number of nitrogens with one attached hydrogen (secondary N) is 2. The van der Waals surface area contributed by atoms with Crippen molar-refractivity contribution in [1.82, 2.24) is 15.5 Å². The molecule has 0 heterocycles. The van der Waals surface area contributed by atoms with E-state index in [4.69, 9.17) is 0 Å². The number of likely N-dealkylation sites (N-methyl/N-ethyl adjacent to an activating group) is 1. The molecule has 0 aromatic carbocycles. The third-order valence-corrected chi connectivity index (χ3v) is 3.07. The van der Waals surface area contributed by atoms with Crippen LogP contribution in [0.2, 0.25) is 0 Å². The monoisotopic (exact) mass is 227 g/mol. The second-order valence-corrected chi connectivity index (χ2v) is 4.33. The van der Waals surface area contributed by atoms with Gasteiger partial charge in [-0.15, -0.1) is 0 Å². The molecule has 0 unspecified atom stereocenters. The van der Waals surface area contributed by atoms with Crippen LogP contribution in [0.4, 0.5) is 4.79 Å². The molecule has 5 heteroatoms. The van der Waals surface area contributed by atoms with E-state index < -0.39 is 6.03 Å². The van der Waals surface area contributed by atoms with Gasteiger partial charge in [-0.05, 0) is 19.9 Å². The lowest BCUT2D eigenvalue weighted by Gasteiger charge is -2.30. The normalized spacial score (nSPS) is 17.2. The van der Waals surface area contributed by atoms with E-state index in [1.54, 1.807) is 0 Å². The number of hydrogen-bond donors (Lipinski definition) is 2. The van der Waals surface area contributed by atoms with E-state index in [9.17, 15) is 9.59 Å². The standard InChI is InChI=1S/C11H21N3O2/c1-12-11(16)13-10(15)8-14(2)9-6-4-3-5-7-9/h9H,3-8H2,1-2H3,(H2,12,13,15,16). The molecule has 5 nitrogen and oxygen atoms in total. The molecule has 0 atom stereocenters. The Morgan fingerprint density at radius 1 is 1.25 bits per heavy atom. The predicted octanol–water partition coefficient (Wildman–Crippen LogP) is 0.706. The average Bonchev–Trinajstić information content (AvgIpc) is 2.29. The van der Waals surface area contributed by atoms with Gasteiger partial charge in [-0.25, -0.2) is 4.79 Å².